The first-order valence-corrected chi connectivity index (χ1v) is 5.52. The Balaban J connectivity index is 0.00000144. The van der Waals surface area contributed by atoms with Gasteiger partial charge in [-0.2, -0.15) is 0 Å². The number of likely N-dealkylation sites (tertiary alicyclic amines) is 1. The van der Waals surface area contributed by atoms with Gasteiger partial charge in [0, 0.05) is 6.54 Å². The molecular weight excluding hydrogens is 253 g/mol. The van der Waals surface area contributed by atoms with E-state index in [1.807, 2.05) is 35.2 Å². The third kappa shape index (κ3) is 4.69. The fourth-order valence-electron chi connectivity index (χ4n) is 2.16. The standard InChI is InChI=1S/C11H14BF3N.K/c13-12(14,15)11-6-7-16(9-11)8-10-4-2-1-3-5-10;/h1-5,11H,6-9H2;/q-1;+1. The molecule has 0 radical (unpaired) electrons. The molecule has 1 aromatic rings. The quantitative estimate of drug-likeness (QED) is 0.703. The summed E-state index contributed by atoms with van der Waals surface area (Å²) in [6.07, 6.45) is 0.260. The summed E-state index contributed by atoms with van der Waals surface area (Å²) in [6.45, 7) is -3.31. The van der Waals surface area contributed by atoms with Crippen LogP contribution in [0.3, 0.4) is 0 Å². The first kappa shape index (κ1) is 15.7. The van der Waals surface area contributed by atoms with Crippen molar-refractivity contribution in [3.05, 3.63) is 35.9 Å². The van der Waals surface area contributed by atoms with Gasteiger partial charge in [0.05, 0.1) is 0 Å². The predicted molar refractivity (Wildman–Crippen MR) is 59.2 cm³/mol. The van der Waals surface area contributed by atoms with Crippen LogP contribution in [0.5, 0.6) is 0 Å². The minimum atomic E-state index is -4.66. The number of hydrogen-bond acceptors (Lipinski definition) is 1. The summed E-state index contributed by atoms with van der Waals surface area (Å²) in [7, 11) is 0. The molecule has 1 unspecified atom stereocenters. The Labute approximate surface area is 142 Å². The van der Waals surface area contributed by atoms with E-state index in [0.29, 0.717) is 13.1 Å². The Morgan fingerprint density at radius 3 is 2.35 bits per heavy atom. The summed E-state index contributed by atoms with van der Waals surface area (Å²) in [5.41, 5.74) is 1.08. The van der Waals surface area contributed by atoms with Gasteiger partial charge < -0.3 is 17.8 Å². The summed E-state index contributed by atoms with van der Waals surface area (Å²) in [5, 5.41) is 0. The minimum Gasteiger partial charge on any atom is -0.449 e. The number of halogens is 3. The van der Waals surface area contributed by atoms with Crippen molar-refractivity contribution in [2.45, 2.75) is 18.8 Å². The zero-order chi connectivity index (χ0) is 11.6. The van der Waals surface area contributed by atoms with Gasteiger partial charge in [-0.1, -0.05) is 42.6 Å². The molecule has 0 aromatic heterocycles. The van der Waals surface area contributed by atoms with Crippen LogP contribution >= 0.6 is 0 Å². The second kappa shape index (κ2) is 6.73. The maximum Gasteiger partial charge on any atom is 1.00 e. The summed E-state index contributed by atoms with van der Waals surface area (Å²) in [4.78, 5) is 1.88. The Morgan fingerprint density at radius 1 is 1.18 bits per heavy atom. The van der Waals surface area contributed by atoms with E-state index >= 15 is 0 Å². The fourth-order valence-corrected chi connectivity index (χ4v) is 2.16. The molecule has 0 bridgehead atoms. The second-order valence-corrected chi connectivity index (χ2v) is 4.39. The Kier molecular flexibility index (Phi) is 6.22. The summed E-state index contributed by atoms with van der Waals surface area (Å²) in [6, 6.07) is 9.64. The molecule has 1 atom stereocenters. The maximum atomic E-state index is 12.5. The minimum absolute atomic E-state index is 0. The number of benzene rings is 1. The zero-order valence-electron chi connectivity index (χ0n) is 9.95. The van der Waals surface area contributed by atoms with E-state index < -0.39 is 12.8 Å². The van der Waals surface area contributed by atoms with Crippen LogP contribution < -0.4 is 51.4 Å². The normalized spacial score (nSPS) is 21.2. The first-order chi connectivity index (χ1) is 7.55. The predicted octanol–water partition coefficient (Wildman–Crippen LogP) is 0.114. The van der Waals surface area contributed by atoms with Crippen molar-refractivity contribution in [1.29, 1.82) is 0 Å². The van der Waals surface area contributed by atoms with Crippen molar-refractivity contribution < 1.29 is 64.3 Å². The van der Waals surface area contributed by atoms with Gasteiger partial charge in [-0.05, 0) is 18.7 Å². The largest absolute Gasteiger partial charge is 1.00 e. The number of hydrogen-bond donors (Lipinski definition) is 0. The van der Waals surface area contributed by atoms with Crippen molar-refractivity contribution in [3.63, 3.8) is 0 Å². The topological polar surface area (TPSA) is 3.24 Å². The van der Waals surface area contributed by atoms with Gasteiger partial charge in [0.15, 0.2) is 0 Å². The van der Waals surface area contributed by atoms with Crippen LogP contribution in [0.4, 0.5) is 12.9 Å². The molecule has 2 rings (SSSR count). The Bertz CT molecular complexity index is 344. The van der Waals surface area contributed by atoms with E-state index in [0.717, 1.165) is 5.56 Å². The van der Waals surface area contributed by atoms with E-state index in [1.54, 1.807) is 0 Å². The molecule has 1 aliphatic rings. The van der Waals surface area contributed by atoms with Gasteiger partial charge in [0.25, 0.3) is 0 Å². The SMILES string of the molecule is F[B-](F)(F)C1CCN(Cc2ccccc2)C1.[K+]. The summed E-state index contributed by atoms with van der Waals surface area (Å²) in [5.74, 6) is -1.08. The van der Waals surface area contributed by atoms with Gasteiger partial charge >= 0.3 is 58.4 Å². The van der Waals surface area contributed by atoms with Crippen molar-refractivity contribution >= 4 is 6.98 Å². The molecule has 1 heterocycles. The fraction of sp³-hybridized carbons (Fsp3) is 0.455. The monoisotopic (exact) mass is 267 g/mol. The van der Waals surface area contributed by atoms with Crippen LogP contribution in [0.2, 0.25) is 5.82 Å². The summed E-state index contributed by atoms with van der Waals surface area (Å²) >= 11 is 0. The van der Waals surface area contributed by atoms with E-state index in [1.165, 1.54) is 0 Å². The van der Waals surface area contributed by atoms with Crippen molar-refractivity contribution in [2.24, 2.45) is 0 Å². The van der Waals surface area contributed by atoms with E-state index in [-0.39, 0.29) is 64.4 Å². The van der Waals surface area contributed by atoms with E-state index in [2.05, 4.69) is 0 Å². The van der Waals surface area contributed by atoms with Crippen molar-refractivity contribution in [2.75, 3.05) is 13.1 Å². The third-order valence-corrected chi connectivity index (χ3v) is 3.09. The molecule has 1 aliphatic heterocycles. The average Bonchev–Trinajstić information content (AvgIpc) is 2.67. The molecule has 0 aliphatic carbocycles. The smallest absolute Gasteiger partial charge is 0.449 e. The van der Waals surface area contributed by atoms with Crippen molar-refractivity contribution in [1.82, 2.24) is 4.90 Å². The molecule has 0 N–H and O–H groups in total. The van der Waals surface area contributed by atoms with E-state index in [9.17, 15) is 12.9 Å². The summed E-state index contributed by atoms with van der Waals surface area (Å²) < 4.78 is 37.5. The molecule has 0 amide bonds. The van der Waals surface area contributed by atoms with Crippen LogP contribution in [0.25, 0.3) is 0 Å². The zero-order valence-corrected chi connectivity index (χ0v) is 13.1. The molecule has 17 heavy (non-hydrogen) atoms. The maximum absolute atomic E-state index is 12.5. The molecular formula is C11H14BF3KN. The third-order valence-electron chi connectivity index (χ3n) is 3.09. The average molecular weight is 267 g/mol. The van der Waals surface area contributed by atoms with Crippen LogP contribution in [-0.2, 0) is 6.54 Å². The molecule has 88 valence electrons. The van der Waals surface area contributed by atoms with Gasteiger partial charge in [-0.3, -0.25) is 0 Å². The van der Waals surface area contributed by atoms with Gasteiger partial charge in [0.2, 0.25) is 0 Å². The van der Waals surface area contributed by atoms with Crippen molar-refractivity contribution in [3.8, 4) is 0 Å². The molecule has 0 spiro atoms. The molecule has 1 fully saturated rings. The second-order valence-electron chi connectivity index (χ2n) is 4.39. The van der Waals surface area contributed by atoms with Crippen LogP contribution in [0.15, 0.2) is 30.3 Å². The number of rotatable bonds is 3. The number of nitrogens with zero attached hydrogens (tertiary/aromatic N) is 1. The molecule has 1 nitrogen and oxygen atoms in total. The first-order valence-electron chi connectivity index (χ1n) is 5.52. The Hall–Kier alpha value is 0.671. The van der Waals surface area contributed by atoms with Gasteiger partial charge in [-0.15, -0.1) is 0 Å². The molecule has 1 aromatic carbocycles. The molecule has 1 saturated heterocycles. The van der Waals surface area contributed by atoms with Crippen LogP contribution in [0.1, 0.15) is 12.0 Å². The Morgan fingerprint density at radius 2 is 1.82 bits per heavy atom. The van der Waals surface area contributed by atoms with Gasteiger partial charge in [-0.25, -0.2) is 0 Å². The van der Waals surface area contributed by atoms with E-state index in [4.69, 9.17) is 0 Å². The molecule has 6 heteroatoms. The molecule has 0 saturated carbocycles. The van der Waals surface area contributed by atoms with Gasteiger partial charge in [0.1, 0.15) is 0 Å². The van der Waals surface area contributed by atoms with Crippen LogP contribution in [-0.4, -0.2) is 25.0 Å². The van der Waals surface area contributed by atoms with Crippen LogP contribution in [0, 0.1) is 0 Å².